The molecule has 1 aliphatic heterocycles. The number of thiazole rings is 1. The van der Waals surface area contributed by atoms with E-state index in [9.17, 15) is 19.5 Å². The highest BCUT2D eigenvalue weighted by Crippen LogP contribution is 2.31. The molecule has 0 saturated heterocycles. The molecule has 3 heterocycles. The number of carboxylic acids is 2. The van der Waals surface area contributed by atoms with E-state index < -0.39 is 23.9 Å². The number of nitrogens with two attached hydrogens (primary N) is 1. The third-order valence-corrected chi connectivity index (χ3v) is 5.76. The molecular formula is C18H22N6O6S. The van der Waals surface area contributed by atoms with Crippen LogP contribution in [0.4, 0.5) is 11.8 Å². The second kappa shape index (κ2) is 9.55. The molecule has 2 aromatic rings. The Balaban J connectivity index is 1.54. The largest absolute Gasteiger partial charge is 0.493 e. The van der Waals surface area contributed by atoms with Gasteiger partial charge in [-0.25, -0.2) is 9.78 Å². The number of aryl methyl sites for hydroxylation is 1. The molecule has 0 saturated carbocycles. The molecule has 31 heavy (non-hydrogen) atoms. The summed E-state index contributed by atoms with van der Waals surface area (Å²) in [6.45, 7) is 0.644. The number of nitrogen functional groups attached to an aromatic ring is 1. The fourth-order valence-corrected chi connectivity index (χ4v) is 4.04. The minimum atomic E-state index is -1.30. The maximum atomic E-state index is 12.3. The smallest absolute Gasteiger partial charge is 0.326 e. The Bertz CT molecular complexity index is 996. The van der Waals surface area contributed by atoms with Crippen molar-refractivity contribution in [2.24, 2.45) is 5.92 Å². The molecule has 0 bridgehead atoms. The highest BCUT2D eigenvalue weighted by molar-refractivity contribution is 7.09. The van der Waals surface area contributed by atoms with Crippen LogP contribution in [0.5, 0.6) is 5.88 Å². The number of carboxylic acid groups (broad SMARTS) is 2. The van der Waals surface area contributed by atoms with E-state index >= 15 is 0 Å². The second-order valence-electron chi connectivity index (χ2n) is 7.15. The Morgan fingerprint density at radius 1 is 1.29 bits per heavy atom. The molecular weight excluding hydrogens is 428 g/mol. The van der Waals surface area contributed by atoms with Gasteiger partial charge in [-0.1, -0.05) is 0 Å². The van der Waals surface area contributed by atoms with E-state index in [1.807, 2.05) is 0 Å². The van der Waals surface area contributed by atoms with Gasteiger partial charge in [-0.05, 0) is 31.6 Å². The molecule has 1 aliphatic rings. The Kier molecular flexibility index (Phi) is 6.84. The van der Waals surface area contributed by atoms with Gasteiger partial charge in [-0.15, -0.1) is 11.3 Å². The van der Waals surface area contributed by atoms with Gasteiger partial charge in [0.15, 0.2) is 0 Å². The van der Waals surface area contributed by atoms with Crippen LogP contribution in [-0.2, 0) is 22.4 Å². The lowest BCUT2D eigenvalue weighted by Gasteiger charge is -2.25. The highest BCUT2D eigenvalue weighted by Gasteiger charge is 2.25. The van der Waals surface area contributed by atoms with Gasteiger partial charge >= 0.3 is 11.9 Å². The standard InChI is InChI=1S/C18H22N6O6S/c19-18-23-14-9(15(27)24-18)5-8(6-20-14)1-3-12-21-11(7-31-12)16(28)22-10(17(29)30)2-4-13(25)26/h7-8,10H,1-6H2,(H,22,28)(H,25,26)(H,29,30)(H4,19,20,23,24,27)/t8?,10-/m0/s1. The third-order valence-electron chi connectivity index (χ3n) is 4.85. The lowest BCUT2D eigenvalue weighted by atomic mass is 9.92. The summed E-state index contributed by atoms with van der Waals surface area (Å²) in [5.41, 5.74) is 6.24. The van der Waals surface area contributed by atoms with Crippen molar-refractivity contribution >= 4 is 40.9 Å². The number of fused-ring (bicyclic) bond motifs is 1. The Morgan fingerprint density at radius 2 is 2.06 bits per heavy atom. The van der Waals surface area contributed by atoms with Crippen LogP contribution in [0.15, 0.2) is 5.38 Å². The van der Waals surface area contributed by atoms with Crippen LogP contribution < -0.4 is 16.4 Å². The number of rotatable bonds is 9. The molecule has 7 N–H and O–H groups in total. The number of aliphatic carboxylic acids is 2. The number of nitrogens with one attached hydrogen (secondary N) is 2. The minimum Gasteiger partial charge on any atom is -0.493 e. The van der Waals surface area contributed by atoms with Gasteiger partial charge < -0.3 is 31.7 Å². The molecule has 0 aromatic carbocycles. The number of hydrogen-bond donors (Lipinski definition) is 6. The van der Waals surface area contributed by atoms with E-state index in [4.69, 9.17) is 15.9 Å². The fraction of sp³-hybridized carbons (Fsp3) is 0.444. The molecule has 2 aromatic heterocycles. The SMILES string of the molecule is Nc1nc(O)c2c(n1)NCC(CCc1nc(C(=O)N[C@@H](CCC(=O)O)C(=O)O)cs1)C2. The van der Waals surface area contributed by atoms with Crippen molar-refractivity contribution in [3.63, 3.8) is 0 Å². The summed E-state index contributed by atoms with van der Waals surface area (Å²) in [4.78, 5) is 46.3. The average molecular weight is 450 g/mol. The zero-order valence-corrected chi connectivity index (χ0v) is 17.2. The highest BCUT2D eigenvalue weighted by atomic mass is 32.1. The topological polar surface area (TPSA) is 201 Å². The van der Waals surface area contributed by atoms with Crippen LogP contribution >= 0.6 is 11.3 Å². The monoisotopic (exact) mass is 450 g/mol. The minimum absolute atomic E-state index is 0.00360. The zero-order chi connectivity index (χ0) is 22.5. The molecule has 2 atom stereocenters. The summed E-state index contributed by atoms with van der Waals surface area (Å²) in [5.74, 6) is -2.51. The van der Waals surface area contributed by atoms with Gasteiger partial charge in [0.05, 0.1) is 10.6 Å². The number of carbonyl (C=O) groups is 3. The summed E-state index contributed by atoms with van der Waals surface area (Å²) in [6, 6.07) is -1.30. The van der Waals surface area contributed by atoms with E-state index in [0.29, 0.717) is 35.8 Å². The van der Waals surface area contributed by atoms with Gasteiger partial charge in [-0.3, -0.25) is 9.59 Å². The first kappa shape index (κ1) is 22.2. The van der Waals surface area contributed by atoms with Gasteiger partial charge in [-0.2, -0.15) is 9.97 Å². The Hall–Kier alpha value is -3.48. The lowest BCUT2D eigenvalue weighted by Crippen LogP contribution is -2.41. The normalized spacial score (nSPS) is 16.1. The van der Waals surface area contributed by atoms with Gasteiger partial charge in [0.2, 0.25) is 11.8 Å². The average Bonchev–Trinajstić information content (AvgIpc) is 3.18. The van der Waals surface area contributed by atoms with Crippen molar-refractivity contribution in [1.29, 1.82) is 0 Å². The van der Waals surface area contributed by atoms with E-state index in [1.54, 1.807) is 0 Å². The molecule has 0 spiro atoms. The van der Waals surface area contributed by atoms with Crippen LogP contribution in [0, 0.1) is 5.92 Å². The quantitative estimate of drug-likeness (QED) is 0.310. The summed E-state index contributed by atoms with van der Waals surface area (Å²) in [5, 5.41) is 35.5. The van der Waals surface area contributed by atoms with Gasteiger partial charge in [0, 0.05) is 18.3 Å². The summed E-state index contributed by atoms with van der Waals surface area (Å²) in [7, 11) is 0. The molecule has 0 fully saturated rings. The molecule has 12 nitrogen and oxygen atoms in total. The number of carbonyl (C=O) groups excluding carboxylic acids is 1. The maximum Gasteiger partial charge on any atom is 0.326 e. The molecule has 0 radical (unpaired) electrons. The Morgan fingerprint density at radius 3 is 2.77 bits per heavy atom. The molecule has 3 rings (SSSR count). The molecule has 0 aliphatic carbocycles. The second-order valence-corrected chi connectivity index (χ2v) is 8.09. The van der Waals surface area contributed by atoms with Crippen LogP contribution in [0.1, 0.15) is 40.3 Å². The fourth-order valence-electron chi connectivity index (χ4n) is 3.24. The van der Waals surface area contributed by atoms with Crippen molar-refractivity contribution in [2.75, 3.05) is 17.6 Å². The molecule has 1 unspecified atom stereocenters. The lowest BCUT2D eigenvalue weighted by molar-refractivity contribution is -0.140. The maximum absolute atomic E-state index is 12.3. The van der Waals surface area contributed by atoms with E-state index in [0.717, 1.165) is 6.42 Å². The van der Waals surface area contributed by atoms with Crippen molar-refractivity contribution in [3.05, 3.63) is 21.6 Å². The summed E-state index contributed by atoms with van der Waals surface area (Å²) < 4.78 is 0. The van der Waals surface area contributed by atoms with Gasteiger partial charge in [0.1, 0.15) is 17.6 Å². The number of amides is 1. The zero-order valence-electron chi connectivity index (χ0n) is 16.4. The first-order valence-electron chi connectivity index (χ1n) is 9.52. The van der Waals surface area contributed by atoms with Crippen LogP contribution in [0.3, 0.4) is 0 Å². The number of nitrogens with zero attached hydrogens (tertiary/aromatic N) is 3. The predicted octanol–water partition coefficient (Wildman–Crippen LogP) is 0.486. The first-order chi connectivity index (χ1) is 14.7. The van der Waals surface area contributed by atoms with Crippen molar-refractivity contribution in [3.8, 4) is 5.88 Å². The number of aromatic hydroxyl groups is 1. The van der Waals surface area contributed by atoms with E-state index in [-0.39, 0.29) is 36.3 Å². The number of anilines is 2. The first-order valence-corrected chi connectivity index (χ1v) is 10.4. The number of aromatic nitrogens is 3. The summed E-state index contributed by atoms with van der Waals surface area (Å²) >= 11 is 1.29. The van der Waals surface area contributed by atoms with Crippen LogP contribution in [-0.4, -0.2) is 60.7 Å². The third kappa shape index (κ3) is 5.78. The van der Waals surface area contributed by atoms with Crippen molar-refractivity contribution < 1.29 is 29.7 Å². The van der Waals surface area contributed by atoms with Crippen LogP contribution in [0.25, 0.3) is 0 Å². The number of hydrogen-bond acceptors (Lipinski definition) is 10. The Labute approximate surface area is 180 Å². The van der Waals surface area contributed by atoms with Crippen molar-refractivity contribution in [1.82, 2.24) is 20.3 Å². The molecule has 1 amide bonds. The predicted molar refractivity (Wildman–Crippen MR) is 110 cm³/mol. The van der Waals surface area contributed by atoms with Crippen molar-refractivity contribution in [2.45, 2.75) is 38.1 Å². The van der Waals surface area contributed by atoms with Gasteiger partial charge in [0.25, 0.3) is 5.91 Å². The molecule has 166 valence electrons. The molecule has 13 heteroatoms. The van der Waals surface area contributed by atoms with E-state index in [1.165, 1.54) is 16.7 Å². The van der Waals surface area contributed by atoms with Crippen LogP contribution in [0.2, 0.25) is 0 Å². The van der Waals surface area contributed by atoms with E-state index in [2.05, 4.69) is 25.6 Å². The summed E-state index contributed by atoms with van der Waals surface area (Å²) in [6.07, 6.45) is 1.33.